The summed E-state index contributed by atoms with van der Waals surface area (Å²) in [5.74, 6) is 0.555. The van der Waals surface area contributed by atoms with E-state index in [9.17, 15) is 17.6 Å². The van der Waals surface area contributed by atoms with Gasteiger partial charge in [-0.25, -0.2) is 22.3 Å². The number of sulfonamides is 1. The predicted octanol–water partition coefficient (Wildman–Crippen LogP) is 2.16. The lowest BCUT2D eigenvalue weighted by molar-refractivity contribution is 0.143. The fourth-order valence-electron chi connectivity index (χ4n) is 2.96. The van der Waals surface area contributed by atoms with Gasteiger partial charge in [0.1, 0.15) is 11.9 Å². The van der Waals surface area contributed by atoms with Crippen LogP contribution in [0.25, 0.3) is 0 Å². The van der Waals surface area contributed by atoms with E-state index in [-0.39, 0.29) is 18.0 Å². The molecule has 30 heavy (non-hydrogen) atoms. The Balaban J connectivity index is 1.73. The Morgan fingerprint density at radius 1 is 1.10 bits per heavy atom. The maximum absolute atomic E-state index is 13.0. The molecule has 0 aliphatic carbocycles. The fourth-order valence-corrected chi connectivity index (χ4v) is 4.03. The van der Waals surface area contributed by atoms with E-state index >= 15 is 0 Å². The number of carbonyl (C=O) groups is 1. The molecule has 1 aliphatic heterocycles. The molecule has 0 saturated carbocycles. The molecule has 1 aliphatic rings. The lowest BCUT2D eigenvalue weighted by atomic mass is 10.2. The van der Waals surface area contributed by atoms with Crippen LogP contribution in [0.15, 0.2) is 41.3 Å². The van der Waals surface area contributed by atoms with Crippen LogP contribution in [0.3, 0.4) is 0 Å². The molecule has 11 heteroatoms. The van der Waals surface area contributed by atoms with E-state index in [1.54, 1.807) is 12.1 Å². The second-order valence-corrected chi connectivity index (χ2v) is 8.07. The molecule has 3 rings (SSSR count). The first-order chi connectivity index (χ1) is 14.3. The van der Waals surface area contributed by atoms with Crippen LogP contribution in [0, 0.1) is 5.82 Å². The van der Waals surface area contributed by atoms with E-state index in [1.807, 2.05) is 0 Å². The van der Waals surface area contributed by atoms with Crippen molar-refractivity contribution in [2.75, 3.05) is 39.3 Å². The van der Waals surface area contributed by atoms with E-state index in [2.05, 4.69) is 4.72 Å². The van der Waals surface area contributed by atoms with Gasteiger partial charge in [0.2, 0.25) is 15.8 Å². The van der Waals surface area contributed by atoms with E-state index in [1.165, 1.54) is 26.2 Å². The van der Waals surface area contributed by atoms with Crippen LogP contribution in [-0.2, 0) is 14.8 Å². The number of cyclic esters (lactones) is 1. The number of nitrogens with zero attached hydrogens (tertiary/aromatic N) is 1. The zero-order chi connectivity index (χ0) is 21.9. The van der Waals surface area contributed by atoms with Crippen LogP contribution < -0.4 is 23.8 Å². The Morgan fingerprint density at radius 3 is 2.23 bits per heavy atom. The number of hydrogen-bond acceptors (Lipinski definition) is 7. The predicted molar refractivity (Wildman–Crippen MR) is 105 cm³/mol. The van der Waals surface area contributed by atoms with Crippen molar-refractivity contribution in [2.45, 2.75) is 11.0 Å². The Bertz CT molecular complexity index is 1000. The molecule has 0 bridgehead atoms. The standard InChI is InChI=1S/C19H21FN2O7S/c1-26-16-8-13(9-17(27-2)18(16)28-3)22-11-14(29-19(22)23)10-21-30(24,25)15-6-4-12(20)5-7-15/h4-9,14,21H,10-11H2,1-3H3/t14-/m1/s1. The highest BCUT2D eigenvalue weighted by molar-refractivity contribution is 7.89. The van der Waals surface area contributed by atoms with Crippen LogP contribution in [0.5, 0.6) is 17.2 Å². The lowest BCUT2D eigenvalue weighted by Crippen LogP contribution is -2.34. The van der Waals surface area contributed by atoms with Crippen molar-refractivity contribution in [2.24, 2.45) is 0 Å². The molecule has 2 aromatic rings. The van der Waals surface area contributed by atoms with Crippen LogP contribution >= 0.6 is 0 Å². The van der Waals surface area contributed by atoms with Gasteiger partial charge in [-0.3, -0.25) is 4.90 Å². The first-order valence-corrected chi connectivity index (χ1v) is 10.3. The molecule has 0 aromatic heterocycles. The number of carbonyl (C=O) groups excluding carboxylic acids is 1. The number of rotatable bonds is 8. The van der Waals surface area contributed by atoms with Crippen LogP contribution in [0.2, 0.25) is 0 Å². The molecule has 1 heterocycles. The van der Waals surface area contributed by atoms with Crippen molar-refractivity contribution < 1.29 is 36.6 Å². The van der Waals surface area contributed by atoms with Crippen molar-refractivity contribution in [3.63, 3.8) is 0 Å². The fraction of sp³-hybridized carbons (Fsp3) is 0.316. The van der Waals surface area contributed by atoms with Gasteiger partial charge in [-0.15, -0.1) is 0 Å². The molecule has 1 atom stereocenters. The zero-order valence-electron chi connectivity index (χ0n) is 16.5. The van der Waals surface area contributed by atoms with E-state index in [4.69, 9.17) is 18.9 Å². The quantitative estimate of drug-likeness (QED) is 0.671. The average molecular weight is 440 g/mol. The molecule has 0 unspecified atom stereocenters. The van der Waals surface area contributed by atoms with Gasteiger partial charge in [-0.05, 0) is 24.3 Å². The summed E-state index contributed by atoms with van der Waals surface area (Å²) in [7, 11) is 0.498. The molecule has 1 fully saturated rings. The minimum atomic E-state index is -3.88. The molecule has 9 nitrogen and oxygen atoms in total. The summed E-state index contributed by atoms with van der Waals surface area (Å²) in [6.45, 7) is -0.0459. The number of halogens is 1. The van der Waals surface area contributed by atoms with Crippen molar-refractivity contribution in [3.05, 3.63) is 42.2 Å². The summed E-state index contributed by atoms with van der Waals surface area (Å²) < 4.78 is 61.2. The van der Waals surface area contributed by atoms with E-state index < -0.39 is 28.0 Å². The monoisotopic (exact) mass is 440 g/mol. The zero-order valence-corrected chi connectivity index (χ0v) is 17.4. The van der Waals surface area contributed by atoms with Crippen LogP contribution in [-0.4, -0.2) is 55.0 Å². The molecular formula is C19H21FN2O7S. The van der Waals surface area contributed by atoms with E-state index in [0.29, 0.717) is 22.9 Å². The first kappa shape index (κ1) is 21.7. The third-order valence-corrected chi connectivity index (χ3v) is 5.90. The largest absolute Gasteiger partial charge is 0.493 e. The molecular weight excluding hydrogens is 419 g/mol. The van der Waals surface area contributed by atoms with Crippen LogP contribution in [0.4, 0.5) is 14.9 Å². The summed E-state index contributed by atoms with van der Waals surface area (Å²) in [6.07, 6.45) is -1.37. The molecule has 2 aromatic carbocycles. The van der Waals surface area contributed by atoms with Gasteiger partial charge >= 0.3 is 6.09 Å². The van der Waals surface area contributed by atoms with Gasteiger partial charge in [-0.2, -0.15) is 0 Å². The number of ether oxygens (including phenoxy) is 4. The minimum absolute atomic E-state index is 0.0882. The number of benzene rings is 2. The maximum Gasteiger partial charge on any atom is 0.414 e. The highest BCUT2D eigenvalue weighted by atomic mass is 32.2. The average Bonchev–Trinajstić information content (AvgIpc) is 3.12. The molecule has 0 radical (unpaired) electrons. The van der Waals surface area contributed by atoms with Gasteiger partial charge in [0.05, 0.1) is 38.5 Å². The summed E-state index contributed by atoms with van der Waals surface area (Å²) in [4.78, 5) is 13.6. The SMILES string of the molecule is COc1cc(N2C[C@@H](CNS(=O)(=O)c3ccc(F)cc3)OC2=O)cc(OC)c1OC. The smallest absolute Gasteiger partial charge is 0.414 e. The van der Waals surface area contributed by atoms with Gasteiger partial charge < -0.3 is 18.9 Å². The second kappa shape index (κ2) is 8.76. The highest BCUT2D eigenvalue weighted by Gasteiger charge is 2.34. The van der Waals surface area contributed by atoms with Gasteiger partial charge in [0.15, 0.2) is 11.5 Å². The molecule has 1 amide bonds. The minimum Gasteiger partial charge on any atom is -0.493 e. The number of methoxy groups -OCH3 is 3. The van der Waals surface area contributed by atoms with Crippen molar-refractivity contribution >= 4 is 21.8 Å². The Morgan fingerprint density at radius 2 is 1.70 bits per heavy atom. The van der Waals surface area contributed by atoms with Crippen LogP contribution in [0.1, 0.15) is 0 Å². The summed E-state index contributed by atoms with van der Waals surface area (Å²) in [6, 6.07) is 7.59. The summed E-state index contributed by atoms with van der Waals surface area (Å²) in [5.41, 5.74) is 0.443. The summed E-state index contributed by atoms with van der Waals surface area (Å²) >= 11 is 0. The van der Waals surface area contributed by atoms with Gasteiger partial charge in [-0.1, -0.05) is 0 Å². The number of amides is 1. The molecule has 1 saturated heterocycles. The van der Waals surface area contributed by atoms with Gasteiger partial charge in [0, 0.05) is 18.7 Å². The number of anilines is 1. The normalized spacial score (nSPS) is 16.3. The lowest BCUT2D eigenvalue weighted by Gasteiger charge is -2.18. The molecule has 0 spiro atoms. The van der Waals surface area contributed by atoms with Gasteiger partial charge in [0.25, 0.3) is 0 Å². The molecule has 162 valence electrons. The Hall–Kier alpha value is -3.05. The molecule has 1 N–H and O–H groups in total. The third kappa shape index (κ3) is 4.41. The second-order valence-electron chi connectivity index (χ2n) is 6.31. The Kier molecular flexibility index (Phi) is 6.32. The van der Waals surface area contributed by atoms with Crippen molar-refractivity contribution in [1.29, 1.82) is 0 Å². The third-order valence-electron chi connectivity index (χ3n) is 4.46. The maximum atomic E-state index is 13.0. The number of nitrogens with one attached hydrogen (secondary N) is 1. The summed E-state index contributed by atoms with van der Waals surface area (Å²) in [5, 5.41) is 0. The van der Waals surface area contributed by atoms with Crippen molar-refractivity contribution in [3.8, 4) is 17.2 Å². The number of hydrogen-bond donors (Lipinski definition) is 1. The Labute approximate surface area is 173 Å². The topological polar surface area (TPSA) is 103 Å². The first-order valence-electron chi connectivity index (χ1n) is 8.82. The highest BCUT2D eigenvalue weighted by Crippen LogP contribution is 2.41. The van der Waals surface area contributed by atoms with Crippen molar-refractivity contribution in [1.82, 2.24) is 4.72 Å². The van der Waals surface area contributed by atoms with E-state index in [0.717, 1.165) is 24.3 Å².